The van der Waals surface area contributed by atoms with Crippen molar-refractivity contribution in [2.75, 3.05) is 10.2 Å². The highest BCUT2D eigenvalue weighted by molar-refractivity contribution is 5.90. The van der Waals surface area contributed by atoms with Gasteiger partial charge < -0.3 is 10.2 Å². The lowest BCUT2D eigenvalue weighted by Gasteiger charge is -2.24. The van der Waals surface area contributed by atoms with E-state index in [0.29, 0.717) is 24.2 Å². The normalized spacial score (nSPS) is 16.5. The third-order valence-electron chi connectivity index (χ3n) is 4.09. The topological polar surface area (TPSA) is 45.2 Å². The highest BCUT2D eigenvalue weighted by Crippen LogP contribution is 2.37. The molecular formula is C19H23N3O. The lowest BCUT2D eigenvalue weighted by atomic mass is 10.1. The van der Waals surface area contributed by atoms with Crippen molar-refractivity contribution in [3.05, 3.63) is 48.2 Å². The van der Waals surface area contributed by atoms with Crippen molar-refractivity contribution in [1.29, 1.82) is 0 Å². The molecule has 0 fully saturated rings. The molecule has 1 aliphatic rings. The fourth-order valence-electron chi connectivity index (χ4n) is 3.13. The van der Waals surface area contributed by atoms with E-state index in [4.69, 9.17) is 0 Å². The molecule has 0 bridgehead atoms. The van der Waals surface area contributed by atoms with Gasteiger partial charge in [0, 0.05) is 18.2 Å². The average Bonchev–Trinajstić information content (AvgIpc) is 2.83. The van der Waals surface area contributed by atoms with Crippen LogP contribution in [0.5, 0.6) is 0 Å². The van der Waals surface area contributed by atoms with E-state index in [1.54, 1.807) is 0 Å². The fourth-order valence-corrected chi connectivity index (χ4v) is 3.13. The molecule has 1 aromatic heterocycles. The fraction of sp³-hybridized carbons (Fsp3) is 0.368. The maximum absolute atomic E-state index is 11.8. The molecule has 1 amide bonds. The van der Waals surface area contributed by atoms with Gasteiger partial charge in [0.05, 0.1) is 11.9 Å². The molecule has 1 N–H and O–H groups in total. The van der Waals surface area contributed by atoms with Gasteiger partial charge in [-0.2, -0.15) is 0 Å². The molecule has 4 nitrogen and oxygen atoms in total. The van der Waals surface area contributed by atoms with E-state index in [0.717, 1.165) is 12.1 Å². The molecule has 1 unspecified atom stereocenters. The smallest absolute Gasteiger partial charge is 0.225 e. The van der Waals surface area contributed by atoms with E-state index >= 15 is 0 Å². The van der Waals surface area contributed by atoms with Crippen molar-refractivity contribution in [3.8, 4) is 0 Å². The van der Waals surface area contributed by atoms with Crippen LogP contribution in [-0.2, 0) is 11.2 Å². The first-order chi connectivity index (χ1) is 11.0. The molecule has 0 saturated carbocycles. The number of hydrogen-bond acceptors (Lipinski definition) is 3. The molecule has 0 radical (unpaired) electrons. The molecule has 3 rings (SSSR count). The Bertz CT molecular complexity index is 694. The second-order valence-corrected chi connectivity index (χ2v) is 6.60. The predicted octanol–water partition coefficient (Wildman–Crippen LogP) is 4.15. The van der Waals surface area contributed by atoms with Crippen molar-refractivity contribution in [1.82, 2.24) is 4.98 Å². The van der Waals surface area contributed by atoms with Crippen LogP contribution in [0.25, 0.3) is 0 Å². The molecule has 1 aliphatic heterocycles. The molecule has 0 saturated heterocycles. The molecule has 1 aromatic carbocycles. The number of rotatable bonds is 4. The Kier molecular flexibility index (Phi) is 4.33. The van der Waals surface area contributed by atoms with Gasteiger partial charge in [-0.25, -0.2) is 4.98 Å². The maximum atomic E-state index is 11.8. The van der Waals surface area contributed by atoms with Gasteiger partial charge in [0.15, 0.2) is 0 Å². The number of nitrogens with zero attached hydrogens (tertiary/aromatic N) is 2. The number of fused-ring (bicyclic) bond motifs is 1. The number of nitrogens with one attached hydrogen (secondary N) is 1. The first kappa shape index (κ1) is 15.5. The number of anilines is 3. The van der Waals surface area contributed by atoms with Crippen LogP contribution in [-0.4, -0.2) is 16.9 Å². The van der Waals surface area contributed by atoms with Gasteiger partial charge in [-0.3, -0.25) is 4.79 Å². The van der Waals surface area contributed by atoms with Gasteiger partial charge in [0.25, 0.3) is 0 Å². The highest BCUT2D eigenvalue weighted by atomic mass is 16.1. The molecule has 0 aliphatic carbocycles. The zero-order valence-corrected chi connectivity index (χ0v) is 13.9. The number of pyridine rings is 1. The zero-order valence-electron chi connectivity index (χ0n) is 13.9. The van der Waals surface area contributed by atoms with Crippen LogP contribution in [0.15, 0.2) is 42.6 Å². The van der Waals surface area contributed by atoms with Crippen LogP contribution >= 0.6 is 0 Å². The van der Waals surface area contributed by atoms with Gasteiger partial charge in [0.2, 0.25) is 5.91 Å². The summed E-state index contributed by atoms with van der Waals surface area (Å²) in [6.07, 6.45) is 3.40. The van der Waals surface area contributed by atoms with E-state index in [2.05, 4.69) is 46.4 Å². The molecule has 2 heterocycles. The predicted molar refractivity (Wildman–Crippen MR) is 94.1 cm³/mol. The van der Waals surface area contributed by atoms with E-state index in [-0.39, 0.29) is 5.91 Å². The Hall–Kier alpha value is -2.36. The van der Waals surface area contributed by atoms with Gasteiger partial charge in [-0.05, 0) is 43.0 Å². The lowest BCUT2D eigenvalue weighted by Crippen LogP contribution is -2.24. The standard InChI is InChI=1S/C19H23N3O/c1-13(2)10-19(23)21-18-9-8-16(12-20-18)22-14(3)11-15-6-4-5-7-17(15)22/h4-9,12-14H,10-11H2,1-3H3,(H,20,21,23). The van der Waals surface area contributed by atoms with Crippen LogP contribution in [0.2, 0.25) is 0 Å². The largest absolute Gasteiger partial charge is 0.337 e. The first-order valence-electron chi connectivity index (χ1n) is 8.17. The Morgan fingerprint density at radius 2 is 2.09 bits per heavy atom. The molecule has 23 heavy (non-hydrogen) atoms. The minimum atomic E-state index is 0.0140. The van der Waals surface area contributed by atoms with Crippen molar-refractivity contribution in [2.24, 2.45) is 5.92 Å². The maximum Gasteiger partial charge on any atom is 0.225 e. The summed E-state index contributed by atoms with van der Waals surface area (Å²) in [4.78, 5) is 18.5. The second kappa shape index (κ2) is 6.41. The van der Waals surface area contributed by atoms with E-state index in [1.165, 1.54) is 11.3 Å². The Labute approximate surface area is 137 Å². The molecule has 1 atom stereocenters. The Morgan fingerprint density at radius 3 is 2.78 bits per heavy atom. The first-order valence-corrected chi connectivity index (χ1v) is 8.17. The molecule has 4 heteroatoms. The summed E-state index contributed by atoms with van der Waals surface area (Å²) in [7, 11) is 0. The number of amides is 1. The van der Waals surface area contributed by atoms with Crippen LogP contribution in [0.4, 0.5) is 17.2 Å². The minimum absolute atomic E-state index is 0.0140. The summed E-state index contributed by atoms with van der Waals surface area (Å²) < 4.78 is 0. The zero-order chi connectivity index (χ0) is 16.4. The number of para-hydroxylation sites is 1. The Balaban J connectivity index is 1.76. The van der Waals surface area contributed by atoms with Crippen molar-refractivity contribution >= 4 is 23.1 Å². The number of aromatic nitrogens is 1. The van der Waals surface area contributed by atoms with Crippen LogP contribution < -0.4 is 10.2 Å². The third-order valence-corrected chi connectivity index (χ3v) is 4.09. The summed E-state index contributed by atoms with van der Waals surface area (Å²) in [5, 5.41) is 2.85. The van der Waals surface area contributed by atoms with Crippen LogP contribution in [0.1, 0.15) is 32.8 Å². The van der Waals surface area contributed by atoms with Gasteiger partial charge >= 0.3 is 0 Å². The van der Waals surface area contributed by atoms with Crippen molar-refractivity contribution in [2.45, 2.75) is 39.7 Å². The van der Waals surface area contributed by atoms with E-state index < -0.39 is 0 Å². The van der Waals surface area contributed by atoms with E-state index in [9.17, 15) is 4.79 Å². The summed E-state index contributed by atoms with van der Waals surface area (Å²) in [5.41, 5.74) is 3.68. The number of benzene rings is 1. The summed E-state index contributed by atoms with van der Waals surface area (Å²) >= 11 is 0. The third kappa shape index (κ3) is 3.36. The minimum Gasteiger partial charge on any atom is -0.337 e. The molecule has 0 spiro atoms. The van der Waals surface area contributed by atoms with Crippen LogP contribution in [0, 0.1) is 5.92 Å². The summed E-state index contributed by atoms with van der Waals surface area (Å²) in [6, 6.07) is 12.8. The average molecular weight is 309 g/mol. The Morgan fingerprint density at radius 1 is 1.30 bits per heavy atom. The van der Waals surface area contributed by atoms with Crippen molar-refractivity contribution < 1.29 is 4.79 Å². The van der Waals surface area contributed by atoms with Gasteiger partial charge in [-0.15, -0.1) is 0 Å². The molecular weight excluding hydrogens is 286 g/mol. The second-order valence-electron chi connectivity index (χ2n) is 6.60. The SMILES string of the molecule is CC(C)CC(=O)Nc1ccc(N2c3ccccc3CC2C)cn1. The highest BCUT2D eigenvalue weighted by Gasteiger charge is 2.26. The molecule has 2 aromatic rings. The van der Waals surface area contributed by atoms with E-state index in [1.807, 2.05) is 32.2 Å². The number of carbonyl (C=O) groups is 1. The summed E-state index contributed by atoms with van der Waals surface area (Å²) in [6.45, 7) is 6.28. The quantitative estimate of drug-likeness (QED) is 0.923. The monoisotopic (exact) mass is 309 g/mol. The summed E-state index contributed by atoms with van der Waals surface area (Å²) in [5.74, 6) is 0.968. The number of carbonyl (C=O) groups excluding carboxylic acids is 1. The van der Waals surface area contributed by atoms with Gasteiger partial charge in [-0.1, -0.05) is 32.0 Å². The number of hydrogen-bond donors (Lipinski definition) is 1. The van der Waals surface area contributed by atoms with Crippen LogP contribution in [0.3, 0.4) is 0 Å². The lowest BCUT2D eigenvalue weighted by molar-refractivity contribution is -0.116. The van der Waals surface area contributed by atoms with Crippen molar-refractivity contribution in [3.63, 3.8) is 0 Å². The molecule has 120 valence electrons. The van der Waals surface area contributed by atoms with Gasteiger partial charge in [0.1, 0.15) is 5.82 Å².